The number of rotatable bonds is 5. The minimum Gasteiger partial charge on any atom is -0.381 e. The molecule has 7 nitrogen and oxygen atoms in total. The molecule has 1 saturated carbocycles. The number of carbonyl (C=O) groups is 2. The maximum atomic E-state index is 13.9. The summed E-state index contributed by atoms with van der Waals surface area (Å²) >= 11 is 0. The van der Waals surface area contributed by atoms with Crippen LogP contribution in [0.15, 0.2) is 18.2 Å². The van der Waals surface area contributed by atoms with Crippen molar-refractivity contribution in [3.05, 3.63) is 46.3 Å². The number of aromatic nitrogens is 2. The zero-order chi connectivity index (χ0) is 26.4. The van der Waals surface area contributed by atoms with Gasteiger partial charge in [0.05, 0.1) is 5.69 Å². The van der Waals surface area contributed by atoms with Gasteiger partial charge in [-0.2, -0.15) is 5.10 Å². The molecule has 0 spiro atoms. The molecular weight excluding hydrogens is 464 g/mol. The van der Waals surface area contributed by atoms with Gasteiger partial charge in [0.1, 0.15) is 5.69 Å². The van der Waals surface area contributed by atoms with Gasteiger partial charge in [0.15, 0.2) is 5.69 Å². The van der Waals surface area contributed by atoms with Crippen molar-refractivity contribution in [1.29, 1.82) is 0 Å². The van der Waals surface area contributed by atoms with E-state index in [4.69, 9.17) is 9.84 Å². The fraction of sp³-hybridized carbons (Fsp3) is 0.633. The Morgan fingerprint density at radius 2 is 1.73 bits per heavy atom. The largest absolute Gasteiger partial charge is 0.381 e. The monoisotopic (exact) mass is 506 g/mol. The Hall–Kier alpha value is -2.67. The van der Waals surface area contributed by atoms with Gasteiger partial charge < -0.3 is 15.0 Å². The molecule has 3 aliphatic rings. The van der Waals surface area contributed by atoms with Gasteiger partial charge in [0.2, 0.25) is 0 Å². The van der Waals surface area contributed by atoms with E-state index in [0.29, 0.717) is 30.2 Å². The minimum atomic E-state index is -0.211. The maximum absolute atomic E-state index is 13.9. The molecule has 0 bridgehead atoms. The Balaban J connectivity index is 1.60. The van der Waals surface area contributed by atoms with E-state index in [-0.39, 0.29) is 28.7 Å². The molecule has 2 aliphatic heterocycles. The smallest absolute Gasteiger partial charge is 0.272 e. The third kappa shape index (κ3) is 5.33. The lowest BCUT2D eigenvalue weighted by atomic mass is 9.83. The normalized spacial score (nSPS) is 20.1. The molecule has 3 fully saturated rings. The number of hydrogen-bond acceptors (Lipinski definition) is 4. The number of hydrogen-bond donors (Lipinski definition) is 1. The van der Waals surface area contributed by atoms with Crippen LogP contribution in [0.5, 0.6) is 0 Å². The molecule has 1 aromatic heterocycles. The second-order valence-corrected chi connectivity index (χ2v) is 12.5. The molecule has 1 aromatic carbocycles. The molecule has 7 heteroatoms. The van der Waals surface area contributed by atoms with Crippen LogP contribution in [0.4, 0.5) is 0 Å². The first-order valence-corrected chi connectivity index (χ1v) is 14.0. The first kappa shape index (κ1) is 26.0. The lowest BCUT2D eigenvalue weighted by molar-refractivity contribution is 0.0692. The summed E-state index contributed by atoms with van der Waals surface area (Å²) < 4.78 is 7.21. The second-order valence-electron chi connectivity index (χ2n) is 12.5. The van der Waals surface area contributed by atoms with Crippen LogP contribution in [0.3, 0.4) is 0 Å². The van der Waals surface area contributed by atoms with Crippen LogP contribution in [0, 0.1) is 6.92 Å². The maximum Gasteiger partial charge on any atom is 0.272 e. The zero-order valence-electron chi connectivity index (χ0n) is 23.2. The Kier molecular flexibility index (Phi) is 6.94. The summed E-state index contributed by atoms with van der Waals surface area (Å²) in [6, 6.07) is 6.71. The van der Waals surface area contributed by atoms with Crippen molar-refractivity contribution < 1.29 is 14.3 Å². The summed E-state index contributed by atoms with van der Waals surface area (Å²) in [4.78, 5) is 29.3. The summed E-state index contributed by atoms with van der Waals surface area (Å²) in [7, 11) is 0. The number of carbonyl (C=O) groups excluding carboxylic acids is 2. The molecular formula is C30H42N4O3. The van der Waals surface area contributed by atoms with Gasteiger partial charge in [0.25, 0.3) is 11.8 Å². The van der Waals surface area contributed by atoms with Crippen LogP contribution in [-0.4, -0.2) is 58.8 Å². The molecule has 2 amide bonds. The third-order valence-electron chi connectivity index (χ3n) is 8.46. The highest BCUT2D eigenvalue weighted by atomic mass is 16.5. The molecule has 3 heterocycles. The predicted molar refractivity (Wildman–Crippen MR) is 145 cm³/mol. The van der Waals surface area contributed by atoms with Crippen molar-refractivity contribution >= 4 is 11.8 Å². The number of nitrogens with one attached hydrogen (secondary N) is 1. The van der Waals surface area contributed by atoms with E-state index in [1.54, 1.807) is 4.68 Å². The van der Waals surface area contributed by atoms with Crippen molar-refractivity contribution in [3.8, 4) is 5.69 Å². The van der Waals surface area contributed by atoms with Crippen LogP contribution in [0.2, 0.25) is 0 Å². The van der Waals surface area contributed by atoms with Gasteiger partial charge in [-0.15, -0.1) is 0 Å². The highest BCUT2D eigenvalue weighted by Crippen LogP contribution is 2.49. The molecule has 0 unspecified atom stereocenters. The first-order chi connectivity index (χ1) is 17.6. The van der Waals surface area contributed by atoms with E-state index in [2.05, 4.69) is 51.2 Å². The Morgan fingerprint density at radius 3 is 2.35 bits per heavy atom. The number of nitrogens with zero attached hydrogens (tertiary/aromatic N) is 3. The number of piperidine rings is 1. The van der Waals surface area contributed by atoms with Crippen LogP contribution in [0.25, 0.3) is 5.69 Å². The van der Waals surface area contributed by atoms with Crippen molar-refractivity contribution in [2.45, 2.75) is 96.4 Å². The van der Waals surface area contributed by atoms with Crippen LogP contribution in [-0.2, 0) is 15.6 Å². The Labute approximate surface area is 220 Å². The van der Waals surface area contributed by atoms with Crippen LogP contribution >= 0.6 is 0 Å². The van der Waals surface area contributed by atoms with Gasteiger partial charge in [-0.05, 0) is 86.0 Å². The topological polar surface area (TPSA) is 76.5 Å². The fourth-order valence-corrected chi connectivity index (χ4v) is 5.48. The van der Waals surface area contributed by atoms with E-state index >= 15 is 0 Å². The summed E-state index contributed by atoms with van der Waals surface area (Å²) in [5.74, 6) is -0.243. The third-order valence-corrected chi connectivity index (χ3v) is 8.46. The quantitative estimate of drug-likeness (QED) is 0.615. The summed E-state index contributed by atoms with van der Waals surface area (Å²) in [6.07, 6.45) is 7.08. The second kappa shape index (κ2) is 9.90. The molecule has 37 heavy (non-hydrogen) atoms. The molecule has 0 atom stereocenters. The van der Waals surface area contributed by atoms with Gasteiger partial charge in [-0.1, -0.05) is 33.8 Å². The molecule has 0 radical (unpaired) electrons. The van der Waals surface area contributed by atoms with Crippen molar-refractivity contribution in [2.75, 3.05) is 26.3 Å². The number of benzene rings is 1. The van der Waals surface area contributed by atoms with Crippen molar-refractivity contribution in [3.63, 3.8) is 0 Å². The van der Waals surface area contributed by atoms with Gasteiger partial charge in [-0.3, -0.25) is 9.59 Å². The molecule has 2 aromatic rings. The van der Waals surface area contributed by atoms with Crippen LogP contribution < -0.4 is 5.32 Å². The van der Waals surface area contributed by atoms with E-state index in [1.165, 1.54) is 11.1 Å². The Bertz CT molecular complexity index is 1150. The van der Waals surface area contributed by atoms with E-state index in [1.807, 2.05) is 11.8 Å². The van der Waals surface area contributed by atoms with E-state index in [9.17, 15) is 9.59 Å². The van der Waals surface area contributed by atoms with Gasteiger partial charge >= 0.3 is 0 Å². The highest BCUT2D eigenvalue weighted by Gasteiger charge is 2.40. The molecule has 1 N–H and O–H groups in total. The fourth-order valence-electron chi connectivity index (χ4n) is 5.48. The lowest BCUT2D eigenvalue weighted by Crippen LogP contribution is -2.39. The minimum absolute atomic E-state index is 0.0323. The van der Waals surface area contributed by atoms with Crippen LogP contribution in [0.1, 0.15) is 110 Å². The lowest BCUT2D eigenvalue weighted by Gasteiger charge is -2.27. The number of ether oxygens (including phenoxy) is 1. The SMILES string of the molecule is Cc1c(C(=O)NC2CCOCC2)nn(-c2cc(C(C)(C)C)cc(C3(C)CC3)c2)c1C(=O)N1CCCCC1. The average Bonchev–Trinajstić information content (AvgIpc) is 3.55. The summed E-state index contributed by atoms with van der Waals surface area (Å²) in [6.45, 7) is 13.6. The van der Waals surface area contributed by atoms with Gasteiger partial charge in [-0.25, -0.2) is 4.68 Å². The van der Waals surface area contributed by atoms with Gasteiger partial charge in [0, 0.05) is 37.9 Å². The molecule has 200 valence electrons. The predicted octanol–water partition coefficient (Wildman–Crippen LogP) is 5.06. The Morgan fingerprint density at radius 1 is 1.05 bits per heavy atom. The average molecular weight is 507 g/mol. The first-order valence-electron chi connectivity index (χ1n) is 14.0. The number of amides is 2. The van der Waals surface area contributed by atoms with E-state index < -0.39 is 0 Å². The molecule has 2 saturated heterocycles. The summed E-state index contributed by atoms with van der Waals surface area (Å²) in [5.41, 5.74) is 4.98. The standard InChI is InChI=1S/C30H42N4O3/c1-20-25(27(35)31-23-9-15-37-16-10-23)32-34(26(20)28(36)33-13-7-6-8-14-33)24-18-21(29(2,3)4)17-22(19-24)30(5)11-12-30/h17-19,23H,6-16H2,1-5H3,(H,31,35). The molecule has 5 rings (SSSR count). The number of likely N-dealkylation sites (tertiary alicyclic amines) is 1. The van der Waals surface area contributed by atoms with Crippen molar-refractivity contribution in [2.24, 2.45) is 0 Å². The zero-order valence-corrected chi connectivity index (χ0v) is 23.2. The molecule has 1 aliphatic carbocycles. The summed E-state index contributed by atoms with van der Waals surface area (Å²) in [5, 5.41) is 8.00. The van der Waals surface area contributed by atoms with Crippen molar-refractivity contribution in [1.82, 2.24) is 20.0 Å². The highest BCUT2D eigenvalue weighted by molar-refractivity contribution is 6.00. The van der Waals surface area contributed by atoms with E-state index in [0.717, 1.165) is 63.7 Å².